The van der Waals surface area contributed by atoms with Crippen LogP contribution in [0.3, 0.4) is 0 Å². The Morgan fingerprint density at radius 2 is 1.83 bits per heavy atom. The van der Waals surface area contributed by atoms with Gasteiger partial charge in [-0.25, -0.2) is 9.97 Å². The molecule has 0 aliphatic carbocycles. The standard InChI is InChI=1S/C20H18F3N5O.ClH/c21-20(22,23)17-5-4-15-16(26-17)6-8-25-18(15)27-9-2-10-28(12-11-27)19(29)14-3-1-7-24-13-14;/h1,3-8,13H,2,9-12H2;1H. The first-order valence-corrected chi connectivity index (χ1v) is 9.21. The summed E-state index contributed by atoms with van der Waals surface area (Å²) >= 11 is 0. The molecule has 0 saturated carbocycles. The summed E-state index contributed by atoms with van der Waals surface area (Å²) in [5, 5.41) is 0.563. The molecule has 0 aromatic carbocycles. The molecule has 1 saturated heterocycles. The van der Waals surface area contributed by atoms with E-state index >= 15 is 0 Å². The van der Waals surface area contributed by atoms with Crippen LogP contribution in [0.2, 0.25) is 0 Å². The quantitative estimate of drug-likeness (QED) is 0.610. The summed E-state index contributed by atoms with van der Waals surface area (Å²) in [5.74, 6) is 0.502. The van der Waals surface area contributed by atoms with Crippen molar-refractivity contribution in [2.75, 3.05) is 31.1 Å². The van der Waals surface area contributed by atoms with E-state index in [-0.39, 0.29) is 23.8 Å². The van der Waals surface area contributed by atoms with Crippen molar-refractivity contribution in [3.63, 3.8) is 0 Å². The molecule has 1 aliphatic heterocycles. The lowest BCUT2D eigenvalue weighted by Crippen LogP contribution is -2.35. The van der Waals surface area contributed by atoms with Gasteiger partial charge in [-0.2, -0.15) is 13.2 Å². The topological polar surface area (TPSA) is 62.2 Å². The van der Waals surface area contributed by atoms with Gasteiger partial charge in [0.05, 0.1) is 11.1 Å². The summed E-state index contributed by atoms with van der Waals surface area (Å²) in [6, 6.07) is 7.32. The van der Waals surface area contributed by atoms with E-state index < -0.39 is 11.9 Å². The summed E-state index contributed by atoms with van der Waals surface area (Å²) in [4.78, 5) is 28.6. The minimum Gasteiger partial charge on any atom is -0.354 e. The van der Waals surface area contributed by atoms with E-state index in [1.165, 1.54) is 18.3 Å². The van der Waals surface area contributed by atoms with Crippen LogP contribution >= 0.6 is 12.4 Å². The highest BCUT2D eigenvalue weighted by atomic mass is 35.5. The molecule has 0 bridgehead atoms. The zero-order valence-electron chi connectivity index (χ0n) is 15.8. The van der Waals surface area contributed by atoms with Gasteiger partial charge in [0.1, 0.15) is 11.5 Å². The van der Waals surface area contributed by atoms with E-state index in [1.54, 1.807) is 29.4 Å². The third-order valence-electron chi connectivity index (χ3n) is 4.88. The number of anilines is 1. The van der Waals surface area contributed by atoms with Gasteiger partial charge < -0.3 is 9.80 Å². The second-order valence-electron chi connectivity index (χ2n) is 6.77. The lowest BCUT2D eigenvalue weighted by atomic mass is 10.2. The van der Waals surface area contributed by atoms with Crippen LogP contribution in [0.15, 0.2) is 48.9 Å². The molecule has 10 heteroatoms. The van der Waals surface area contributed by atoms with Crippen LogP contribution < -0.4 is 4.90 Å². The third kappa shape index (κ3) is 4.46. The Morgan fingerprint density at radius 1 is 1.00 bits per heavy atom. The summed E-state index contributed by atoms with van der Waals surface area (Å²) in [7, 11) is 0. The fourth-order valence-electron chi connectivity index (χ4n) is 3.45. The molecule has 3 aromatic heterocycles. The highest BCUT2D eigenvalue weighted by Gasteiger charge is 2.32. The van der Waals surface area contributed by atoms with Crippen LogP contribution in [0.1, 0.15) is 22.5 Å². The molecule has 0 unspecified atom stereocenters. The molecule has 0 spiro atoms. The number of hydrogen-bond donors (Lipinski definition) is 0. The average Bonchev–Trinajstić information content (AvgIpc) is 2.98. The molecule has 30 heavy (non-hydrogen) atoms. The Morgan fingerprint density at radius 3 is 2.57 bits per heavy atom. The number of fused-ring (bicyclic) bond motifs is 1. The number of rotatable bonds is 2. The number of carbonyl (C=O) groups is 1. The number of hydrogen-bond acceptors (Lipinski definition) is 5. The van der Waals surface area contributed by atoms with Crippen molar-refractivity contribution in [3.05, 3.63) is 60.2 Å². The van der Waals surface area contributed by atoms with E-state index in [9.17, 15) is 18.0 Å². The van der Waals surface area contributed by atoms with Crippen LogP contribution in [0.4, 0.5) is 19.0 Å². The van der Waals surface area contributed by atoms with Gasteiger partial charge in [-0.15, -0.1) is 12.4 Å². The second kappa shape index (κ2) is 8.83. The predicted octanol–water partition coefficient (Wildman–Crippen LogP) is 3.82. The Bertz CT molecular complexity index is 1030. The molecule has 0 N–H and O–H groups in total. The molecule has 0 radical (unpaired) electrons. The van der Waals surface area contributed by atoms with Crippen LogP contribution in [-0.2, 0) is 6.18 Å². The number of pyridine rings is 3. The Balaban J connectivity index is 0.00000256. The van der Waals surface area contributed by atoms with E-state index in [2.05, 4.69) is 15.0 Å². The van der Waals surface area contributed by atoms with Gasteiger partial charge in [0, 0.05) is 50.2 Å². The van der Waals surface area contributed by atoms with Gasteiger partial charge in [-0.3, -0.25) is 9.78 Å². The molecule has 6 nitrogen and oxygen atoms in total. The van der Waals surface area contributed by atoms with E-state index in [0.717, 1.165) is 12.5 Å². The molecule has 3 aromatic rings. The summed E-state index contributed by atoms with van der Waals surface area (Å²) < 4.78 is 38.9. The molecular formula is C20H19ClF3N5O. The smallest absolute Gasteiger partial charge is 0.354 e. The van der Waals surface area contributed by atoms with E-state index in [1.807, 2.05) is 4.90 Å². The first-order chi connectivity index (χ1) is 13.9. The number of carbonyl (C=O) groups excluding carboxylic acids is 1. The number of nitrogens with zero attached hydrogens (tertiary/aromatic N) is 5. The van der Waals surface area contributed by atoms with Crippen LogP contribution in [0, 0.1) is 0 Å². The Kier molecular flexibility index (Phi) is 6.40. The molecule has 158 valence electrons. The third-order valence-corrected chi connectivity index (χ3v) is 4.88. The minimum atomic E-state index is -4.49. The molecule has 1 amide bonds. The van der Waals surface area contributed by atoms with Crippen molar-refractivity contribution in [2.45, 2.75) is 12.6 Å². The van der Waals surface area contributed by atoms with Crippen molar-refractivity contribution < 1.29 is 18.0 Å². The molecule has 4 rings (SSSR count). The van der Waals surface area contributed by atoms with Crippen molar-refractivity contribution in [1.29, 1.82) is 0 Å². The van der Waals surface area contributed by atoms with E-state index in [4.69, 9.17) is 0 Å². The molecular weight excluding hydrogens is 419 g/mol. The number of alkyl halides is 3. The predicted molar refractivity (Wildman–Crippen MR) is 109 cm³/mol. The highest BCUT2D eigenvalue weighted by Crippen LogP contribution is 2.31. The lowest BCUT2D eigenvalue weighted by molar-refractivity contribution is -0.140. The fourth-order valence-corrected chi connectivity index (χ4v) is 3.45. The normalized spacial score (nSPS) is 14.9. The lowest BCUT2D eigenvalue weighted by Gasteiger charge is -2.24. The largest absolute Gasteiger partial charge is 0.433 e. The SMILES string of the molecule is Cl.O=C(c1cccnc1)N1CCCN(c2nccc3nc(C(F)(F)F)ccc23)CC1. The van der Waals surface area contributed by atoms with Gasteiger partial charge in [0.25, 0.3) is 5.91 Å². The maximum absolute atomic E-state index is 13.0. The maximum atomic E-state index is 13.0. The first-order valence-electron chi connectivity index (χ1n) is 9.21. The van der Waals surface area contributed by atoms with Crippen LogP contribution in [0.25, 0.3) is 10.9 Å². The maximum Gasteiger partial charge on any atom is 0.433 e. The zero-order chi connectivity index (χ0) is 20.4. The fraction of sp³-hybridized carbons (Fsp3) is 0.300. The number of halogens is 4. The number of aromatic nitrogens is 3. The Labute approximate surface area is 177 Å². The summed E-state index contributed by atoms with van der Waals surface area (Å²) in [6.45, 7) is 2.24. The second-order valence-corrected chi connectivity index (χ2v) is 6.77. The summed E-state index contributed by atoms with van der Waals surface area (Å²) in [6.07, 6.45) is 0.853. The van der Waals surface area contributed by atoms with E-state index in [0.29, 0.717) is 42.9 Å². The van der Waals surface area contributed by atoms with Crippen molar-refractivity contribution in [2.24, 2.45) is 0 Å². The number of amides is 1. The van der Waals surface area contributed by atoms with Crippen molar-refractivity contribution >= 4 is 35.0 Å². The first kappa shape index (κ1) is 21.8. The van der Waals surface area contributed by atoms with Gasteiger partial charge >= 0.3 is 6.18 Å². The molecule has 1 aliphatic rings. The zero-order valence-corrected chi connectivity index (χ0v) is 16.7. The van der Waals surface area contributed by atoms with Gasteiger partial charge in [-0.05, 0) is 36.8 Å². The average molecular weight is 438 g/mol. The molecule has 0 atom stereocenters. The minimum absolute atomic E-state index is 0. The van der Waals surface area contributed by atoms with Crippen molar-refractivity contribution in [3.8, 4) is 0 Å². The van der Waals surface area contributed by atoms with Gasteiger partial charge in [0.15, 0.2) is 0 Å². The monoisotopic (exact) mass is 437 g/mol. The van der Waals surface area contributed by atoms with Gasteiger partial charge in [-0.1, -0.05) is 0 Å². The van der Waals surface area contributed by atoms with Crippen LogP contribution in [-0.4, -0.2) is 51.9 Å². The molecule has 4 heterocycles. The summed E-state index contributed by atoms with van der Waals surface area (Å²) in [5.41, 5.74) is -0.142. The van der Waals surface area contributed by atoms with Crippen LogP contribution in [0.5, 0.6) is 0 Å². The molecule has 1 fully saturated rings. The van der Waals surface area contributed by atoms with Crippen molar-refractivity contribution in [1.82, 2.24) is 19.9 Å². The van der Waals surface area contributed by atoms with Gasteiger partial charge in [0.2, 0.25) is 0 Å². The Hall–Kier alpha value is -2.94. The highest BCUT2D eigenvalue weighted by molar-refractivity contribution is 5.94.